The number of sulfonamides is 1. The van der Waals surface area contributed by atoms with Gasteiger partial charge in [-0.05, 0) is 18.6 Å². The van der Waals surface area contributed by atoms with Crippen LogP contribution in [0.25, 0.3) is 21.9 Å². The number of hydrogen-bond acceptors (Lipinski definition) is 6. The highest BCUT2D eigenvalue weighted by Gasteiger charge is 2.18. The monoisotopic (exact) mass is 455 g/mol. The number of para-hydroxylation sites is 1. The Morgan fingerprint density at radius 2 is 2.06 bits per heavy atom. The predicted molar refractivity (Wildman–Crippen MR) is 128 cm³/mol. The number of ether oxygens (including phenoxy) is 1. The van der Waals surface area contributed by atoms with Crippen molar-refractivity contribution in [2.24, 2.45) is 0 Å². The Morgan fingerprint density at radius 1 is 1.22 bits per heavy atom. The average molecular weight is 456 g/mol. The number of unbranched alkanes of at least 4 members (excludes halogenated alkanes) is 1. The molecule has 0 bridgehead atoms. The lowest BCUT2D eigenvalue weighted by Gasteiger charge is -2.12. The maximum Gasteiger partial charge on any atom is 0.237 e. The lowest BCUT2D eigenvalue weighted by atomic mass is 10.2. The van der Waals surface area contributed by atoms with Crippen LogP contribution in [0.4, 0.5) is 5.82 Å². The van der Waals surface area contributed by atoms with Gasteiger partial charge in [-0.1, -0.05) is 43.7 Å². The molecule has 2 heterocycles. The number of rotatable bonds is 11. The van der Waals surface area contributed by atoms with Gasteiger partial charge in [0.2, 0.25) is 10.0 Å². The van der Waals surface area contributed by atoms with Gasteiger partial charge in [-0.15, -0.1) is 0 Å². The molecule has 32 heavy (non-hydrogen) atoms. The zero-order valence-electron chi connectivity index (χ0n) is 18.3. The van der Waals surface area contributed by atoms with Crippen molar-refractivity contribution in [1.82, 2.24) is 19.3 Å². The fourth-order valence-corrected chi connectivity index (χ4v) is 5.01. The summed E-state index contributed by atoms with van der Waals surface area (Å²) in [5.41, 5.74) is 8.77. The smallest absolute Gasteiger partial charge is 0.237 e. The molecule has 2 aromatic heterocycles. The van der Waals surface area contributed by atoms with E-state index in [-0.39, 0.29) is 6.54 Å². The second-order valence-corrected chi connectivity index (χ2v) is 9.59. The number of aromatic nitrogens is 3. The zero-order valence-corrected chi connectivity index (χ0v) is 19.1. The van der Waals surface area contributed by atoms with Crippen molar-refractivity contribution in [2.75, 3.05) is 25.5 Å². The van der Waals surface area contributed by atoms with Crippen LogP contribution in [0, 0.1) is 0 Å². The van der Waals surface area contributed by atoms with Gasteiger partial charge in [-0.25, -0.2) is 23.1 Å². The van der Waals surface area contributed by atoms with E-state index in [9.17, 15) is 8.42 Å². The number of pyridine rings is 1. The molecule has 0 fully saturated rings. The molecule has 0 spiro atoms. The number of aryl methyl sites for hydroxylation is 1. The largest absolute Gasteiger partial charge is 0.382 e. The fraction of sp³-hybridized carbons (Fsp3) is 0.391. The molecule has 0 amide bonds. The van der Waals surface area contributed by atoms with Gasteiger partial charge in [0, 0.05) is 31.3 Å². The van der Waals surface area contributed by atoms with Gasteiger partial charge in [0.25, 0.3) is 0 Å². The van der Waals surface area contributed by atoms with E-state index in [2.05, 4.69) is 21.2 Å². The van der Waals surface area contributed by atoms with E-state index in [0.29, 0.717) is 36.9 Å². The quantitative estimate of drug-likeness (QED) is 0.429. The maximum absolute atomic E-state index is 12.2. The molecular formula is C23H29N5O3S. The molecule has 1 aromatic carbocycles. The standard InChI is InChI=1S/C23H29N5O3S/c1-2-3-12-20-27-21-22(18-10-6-7-11-19(18)26-23(21)24)28(20)14-16-31-15-13-25-32(29,30)17-8-4-5-9-17/h4-8,10-11,25H,2-3,9,12-16H2,1H3,(H2,24,26). The summed E-state index contributed by atoms with van der Waals surface area (Å²) in [6.45, 7) is 3.71. The van der Waals surface area contributed by atoms with Crippen LogP contribution in [0.1, 0.15) is 32.0 Å². The third kappa shape index (κ3) is 4.69. The van der Waals surface area contributed by atoms with Crippen molar-refractivity contribution in [2.45, 2.75) is 39.2 Å². The lowest BCUT2D eigenvalue weighted by molar-refractivity contribution is 0.131. The molecule has 0 unspecified atom stereocenters. The summed E-state index contributed by atoms with van der Waals surface area (Å²) in [5.74, 6) is 1.40. The van der Waals surface area contributed by atoms with Crippen LogP contribution in [-0.2, 0) is 27.7 Å². The van der Waals surface area contributed by atoms with E-state index in [1.54, 1.807) is 12.2 Å². The fourth-order valence-electron chi connectivity index (χ4n) is 3.90. The highest BCUT2D eigenvalue weighted by molar-refractivity contribution is 7.93. The number of fused-ring (bicyclic) bond motifs is 3. The topological polar surface area (TPSA) is 112 Å². The van der Waals surface area contributed by atoms with Crippen LogP contribution in [0.3, 0.4) is 0 Å². The van der Waals surface area contributed by atoms with E-state index in [1.807, 2.05) is 30.3 Å². The van der Waals surface area contributed by atoms with Gasteiger partial charge in [0.1, 0.15) is 11.3 Å². The second kappa shape index (κ2) is 9.81. The van der Waals surface area contributed by atoms with Crippen molar-refractivity contribution in [3.05, 3.63) is 53.2 Å². The van der Waals surface area contributed by atoms with E-state index in [1.165, 1.54) is 0 Å². The Morgan fingerprint density at radius 3 is 2.84 bits per heavy atom. The SMILES string of the molecule is CCCCc1nc2c(N)nc3ccccc3c2n1CCOCCNS(=O)(=O)C1=CC=CC1. The molecular weight excluding hydrogens is 426 g/mol. The van der Waals surface area contributed by atoms with Gasteiger partial charge in [-0.2, -0.15) is 0 Å². The Balaban J connectivity index is 1.46. The summed E-state index contributed by atoms with van der Waals surface area (Å²) < 4.78 is 34.9. The van der Waals surface area contributed by atoms with Crippen LogP contribution in [0.15, 0.2) is 47.4 Å². The van der Waals surface area contributed by atoms with Gasteiger partial charge >= 0.3 is 0 Å². The average Bonchev–Trinajstić information content (AvgIpc) is 3.44. The molecule has 8 nitrogen and oxygen atoms in total. The van der Waals surface area contributed by atoms with Gasteiger partial charge in [-0.3, -0.25) is 0 Å². The number of hydrogen-bond donors (Lipinski definition) is 2. The number of benzene rings is 1. The molecule has 0 atom stereocenters. The van der Waals surface area contributed by atoms with Crippen LogP contribution in [0.5, 0.6) is 0 Å². The Bertz CT molecular complexity index is 1280. The summed E-state index contributed by atoms with van der Waals surface area (Å²) in [4.78, 5) is 9.71. The molecule has 0 saturated heterocycles. The summed E-state index contributed by atoms with van der Waals surface area (Å²) in [6.07, 6.45) is 8.59. The number of anilines is 1. The van der Waals surface area contributed by atoms with Crippen molar-refractivity contribution in [3.63, 3.8) is 0 Å². The molecule has 3 aromatic rings. The lowest BCUT2D eigenvalue weighted by Crippen LogP contribution is -2.28. The maximum atomic E-state index is 12.2. The third-order valence-electron chi connectivity index (χ3n) is 5.52. The Labute approximate surface area is 188 Å². The molecule has 170 valence electrons. The first-order valence-corrected chi connectivity index (χ1v) is 12.5. The highest BCUT2D eigenvalue weighted by atomic mass is 32.2. The van der Waals surface area contributed by atoms with Gasteiger partial charge in [0.05, 0.1) is 29.2 Å². The van der Waals surface area contributed by atoms with E-state index < -0.39 is 10.0 Å². The first-order valence-electron chi connectivity index (χ1n) is 11.0. The normalized spacial score (nSPS) is 14.0. The number of nitrogens with one attached hydrogen (secondary N) is 1. The summed E-state index contributed by atoms with van der Waals surface area (Å²) in [6, 6.07) is 7.92. The number of imidazole rings is 1. The first-order chi connectivity index (χ1) is 15.5. The number of nitrogens with two attached hydrogens (primary N) is 1. The van der Waals surface area contributed by atoms with Gasteiger partial charge < -0.3 is 15.0 Å². The second-order valence-electron chi connectivity index (χ2n) is 7.77. The highest BCUT2D eigenvalue weighted by Crippen LogP contribution is 2.29. The summed E-state index contributed by atoms with van der Waals surface area (Å²) in [5, 5.41) is 1.01. The van der Waals surface area contributed by atoms with Crippen LogP contribution < -0.4 is 10.5 Å². The predicted octanol–water partition coefficient (Wildman–Crippen LogP) is 3.29. The van der Waals surface area contributed by atoms with E-state index >= 15 is 0 Å². The molecule has 4 rings (SSSR count). The van der Waals surface area contributed by atoms with Crippen LogP contribution in [-0.4, -0.2) is 42.7 Å². The van der Waals surface area contributed by atoms with Gasteiger partial charge in [0.15, 0.2) is 5.82 Å². The number of allylic oxidation sites excluding steroid dienone is 4. The minimum Gasteiger partial charge on any atom is -0.382 e. The van der Waals surface area contributed by atoms with Crippen molar-refractivity contribution < 1.29 is 13.2 Å². The third-order valence-corrected chi connectivity index (χ3v) is 7.10. The van der Waals surface area contributed by atoms with Crippen molar-refractivity contribution in [3.8, 4) is 0 Å². The summed E-state index contributed by atoms with van der Waals surface area (Å²) >= 11 is 0. The molecule has 0 radical (unpaired) electrons. The minimum atomic E-state index is -3.43. The molecule has 9 heteroatoms. The van der Waals surface area contributed by atoms with Crippen molar-refractivity contribution >= 4 is 37.8 Å². The summed E-state index contributed by atoms with van der Waals surface area (Å²) in [7, 11) is -3.43. The van der Waals surface area contributed by atoms with Crippen molar-refractivity contribution in [1.29, 1.82) is 0 Å². The molecule has 0 saturated carbocycles. The first kappa shape index (κ1) is 22.4. The molecule has 3 N–H and O–H groups in total. The minimum absolute atomic E-state index is 0.229. The number of nitrogen functional groups attached to an aromatic ring is 1. The van der Waals surface area contributed by atoms with E-state index in [4.69, 9.17) is 15.5 Å². The Kier molecular flexibility index (Phi) is 6.88. The molecule has 0 aliphatic heterocycles. The zero-order chi connectivity index (χ0) is 22.6. The van der Waals surface area contributed by atoms with Crippen LogP contribution >= 0.6 is 0 Å². The van der Waals surface area contributed by atoms with Crippen LogP contribution in [0.2, 0.25) is 0 Å². The Hall–Kier alpha value is -2.75. The van der Waals surface area contributed by atoms with E-state index in [0.717, 1.165) is 47.0 Å². The molecule has 1 aliphatic rings. The number of nitrogens with zero attached hydrogens (tertiary/aromatic N) is 3. The molecule has 1 aliphatic carbocycles.